The lowest BCUT2D eigenvalue weighted by molar-refractivity contribution is -0.504. The molecule has 0 radical (unpaired) electrons. The highest BCUT2D eigenvalue weighted by Crippen LogP contribution is 2.14. The zero-order chi connectivity index (χ0) is 16.5. The molecule has 0 aliphatic carbocycles. The van der Waals surface area contributed by atoms with Crippen molar-refractivity contribution in [2.24, 2.45) is 0 Å². The maximum atomic E-state index is 11.1. The van der Waals surface area contributed by atoms with Gasteiger partial charge in [-0.1, -0.05) is 43.0 Å². The second kappa shape index (κ2) is 8.79. The van der Waals surface area contributed by atoms with Crippen molar-refractivity contribution in [1.29, 1.82) is 0 Å². The minimum absolute atomic E-state index is 0.184. The topological polar surface area (TPSA) is 72.6 Å². The van der Waals surface area contributed by atoms with E-state index in [0.29, 0.717) is 5.57 Å². The Morgan fingerprint density at radius 1 is 1.41 bits per heavy atom. The van der Waals surface area contributed by atoms with Gasteiger partial charge in [0.15, 0.2) is 5.76 Å². The molecule has 1 N–H and O–H groups in total. The number of allylic oxidation sites excluding steroid dienone is 2. The van der Waals surface area contributed by atoms with E-state index in [-0.39, 0.29) is 12.4 Å². The zero-order valence-corrected chi connectivity index (χ0v) is 12.8. The van der Waals surface area contributed by atoms with E-state index in [0.717, 1.165) is 5.56 Å². The Morgan fingerprint density at radius 3 is 2.55 bits per heavy atom. The number of nitrogens with zero attached hydrogens (tertiary/aromatic N) is 1. The molecular formula is C17H21NO4. The number of rotatable bonds is 8. The van der Waals surface area contributed by atoms with Crippen LogP contribution in [0.15, 0.2) is 66.5 Å². The Morgan fingerprint density at radius 2 is 2.05 bits per heavy atom. The van der Waals surface area contributed by atoms with Gasteiger partial charge in [-0.05, 0) is 37.1 Å². The molecule has 0 saturated heterocycles. The van der Waals surface area contributed by atoms with Crippen LogP contribution >= 0.6 is 0 Å². The number of aliphatic hydroxyl groups is 1. The molecule has 0 aromatic heterocycles. The number of nitro groups is 1. The molecule has 1 rings (SSSR count). The SMILES string of the molecule is C=CC(/C(=C\C=C(/C)C(C)O)OCc1ccccc1)[N+](=O)[O-]. The largest absolute Gasteiger partial charge is 0.486 e. The molecule has 5 heteroatoms. The first kappa shape index (κ1) is 17.7. The van der Waals surface area contributed by atoms with Crippen LogP contribution in [0, 0.1) is 10.1 Å². The van der Waals surface area contributed by atoms with Crippen molar-refractivity contribution in [2.45, 2.75) is 32.6 Å². The Kier molecular flexibility index (Phi) is 7.05. The molecule has 0 aliphatic heterocycles. The second-order valence-electron chi connectivity index (χ2n) is 4.90. The molecule has 1 aromatic carbocycles. The molecule has 0 spiro atoms. The normalized spacial score (nSPS) is 15.0. The summed E-state index contributed by atoms with van der Waals surface area (Å²) < 4.78 is 5.59. The van der Waals surface area contributed by atoms with Gasteiger partial charge in [0, 0.05) is 4.92 Å². The van der Waals surface area contributed by atoms with E-state index in [2.05, 4.69) is 6.58 Å². The number of benzene rings is 1. The van der Waals surface area contributed by atoms with Gasteiger partial charge in [-0.15, -0.1) is 0 Å². The molecule has 0 heterocycles. The van der Waals surface area contributed by atoms with Crippen LogP contribution in [-0.2, 0) is 11.3 Å². The molecule has 2 unspecified atom stereocenters. The lowest BCUT2D eigenvalue weighted by Crippen LogP contribution is -2.21. The van der Waals surface area contributed by atoms with Crippen LogP contribution < -0.4 is 0 Å². The van der Waals surface area contributed by atoms with E-state index in [1.807, 2.05) is 30.3 Å². The summed E-state index contributed by atoms with van der Waals surface area (Å²) in [7, 11) is 0. The van der Waals surface area contributed by atoms with Gasteiger partial charge in [0.2, 0.25) is 0 Å². The van der Waals surface area contributed by atoms with Gasteiger partial charge < -0.3 is 9.84 Å². The fourth-order valence-electron chi connectivity index (χ4n) is 1.63. The number of ether oxygens (including phenoxy) is 1. The van der Waals surface area contributed by atoms with E-state index < -0.39 is 17.1 Å². The minimum Gasteiger partial charge on any atom is -0.486 e. The molecule has 22 heavy (non-hydrogen) atoms. The summed E-state index contributed by atoms with van der Waals surface area (Å²) in [6, 6.07) is 8.27. The van der Waals surface area contributed by atoms with E-state index >= 15 is 0 Å². The lowest BCUT2D eigenvalue weighted by atomic mass is 10.1. The molecule has 0 saturated carbocycles. The van der Waals surface area contributed by atoms with Crippen LogP contribution in [0.1, 0.15) is 19.4 Å². The lowest BCUT2D eigenvalue weighted by Gasteiger charge is -2.12. The maximum absolute atomic E-state index is 11.1. The number of hydrogen-bond donors (Lipinski definition) is 1. The summed E-state index contributed by atoms with van der Waals surface area (Å²) in [6.45, 7) is 7.09. The molecule has 118 valence electrons. The first-order chi connectivity index (χ1) is 10.5. The summed E-state index contributed by atoms with van der Waals surface area (Å²) >= 11 is 0. The van der Waals surface area contributed by atoms with Crippen molar-refractivity contribution in [3.8, 4) is 0 Å². The van der Waals surface area contributed by atoms with Gasteiger partial charge in [-0.2, -0.15) is 0 Å². The molecular weight excluding hydrogens is 282 g/mol. The van der Waals surface area contributed by atoms with Crippen LogP contribution in [-0.4, -0.2) is 22.2 Å². The fraction of sp³-hybridized carbons (Fsp3) is 0.294. The summed E-state index contributed by atoms with van der Waals surface area (Å²) in [6.07, 6.45) is 3.73. The quantitative estimate of drug-likeness (QED) is 0.263. The highest BCUT2D eigenvalue weighted by molar-refractivity contribution is 5.21. The van der Waals surface area contributed by atoms with Crippen LogP contribution in [0.2, 0.25) is 0 Å². The monoisotopic (exact) mass is 303 g/mol. The third-order valence-electron chi connectivity index (χ3n) is 3.16. The van der Waals surface area contributed by atoms with Gasteiger partial charge in [0.25, 0.3) is 6.04 Å². The molecule has 2 atom stereocenters. The van der Waals surface area contributed by atoms with Crippen molar-refractivity contribution >= 4 is 0 Å². The average molecular weight is 303 g/mol. The number of hydrogen-bond acceptors (Lipinski definition) is 4. The van der Waals surface area contributed by atoms with Crippen molar-refractivity contribution in [2.75, 3.05) is 0 Å². The van der Waals surface area contributed by atoms with E-state index in [1.54, 1.807) is 19.9 Å². The number of aliphatic hydroxyl groups excluding tert-OH is 1. The summed E-state index contributed by atoms with van der Waals surface area (Å²) in [5.74, 6) is 0.184. The Labute approximate surface area is 130 Å². The van der Waals surface area contributed by atoms with Crippen molar-refractivity contribution in [3.63, 3.8) is 0 Å². The van der Waals surface area contributed by atoms with Gasteiger partial charge in [0.1, 0.15) is 6.61 Å². The first-order valence-electron chi connectivity index (χ1n) is 6.95. The predicted octanol–water partition coefficient (Wildman–Crippen LogP) is 3.25. The van der Waals surface area contributed by atoms with Crippen molar-refractivity contribution in [3.05, 3.63) is 82.1 Å². The summed E-state index contributed by atoms with van der Waals surface area (Å²) in [4.78, 5) is 10.6. The van der Waals surface area contributed by atoms with E-state index in [1.165, 1.54) is 12.2 Å². The standard InChI is InChI=1S/C17H21NO4/c1-4-16(18(20)21)17(11-10-13(2)14(3)19)22-12-15-8-6-5-7-9-15/h4-11,14,16,19H,1,12H2,2-3H3/b13-10+,17-11+. The second-order valence-corrected chi connectivity index (χ2v) is 4.90. The first-order valence-corrected chi connectivity index (χ1v) is 6.95. The average Bonchev–Trinajstić information content (AvgIpc) is 2.50. The Hall–Kier alpha value is -2.40. The predicted molar refractivity (Wildman–Crippen MR) is 85.7 cm³/mol. The third kappa shape index (κ3) is 5.54. The van der Waals surface area contributed by atoms with E-state index in [9.17, 15) is 15.2 Å². The highest BCUT2D eigenvalue weighted by atomic mass is 16.6. The van der Waals surface area contributed by atoms with Crippen LogP contribution in [0.5, 0.6) is 0 Å². The van der Waals surface area contributed by atoms with Crippen LogP contribution in [0.3, 0.4) is 0 Å². The minimum atomic E-state index is -1.12. The fourth-order valence-corrected chi connectivity index (χ4v) is 1.63. The molecule has 5 nitrogen and oxygen atoms in total. The van der Waals surface area contributed by atoms with Gasteiger partial charge in [-0.25, -0.2) is 0 Å². The van der Waals surface area contributed by atoms with E-state index in [4.69, 9.17) is 4.74 Å². The van der Waals surface area contributed by atoms with Crippen LogP contribution in [0.4, 0.5) is 0 Å². The van der Waals surface area contributed by atoms with Crippen LogP contribution in [0.25, 0.3) is 0 Å². The van der Waals surface area contributed by atoms with Gasteiger partial charge >= 0.3 is 0 Å². The maximum Gasteiger partial charge on any atom is 0.287 e. The molecule has 0 amide bonds. The molecule has 0 fully saturated rings. The molecule has 0 aliphatic rings. The Balaban J connectivity index is 2.95. The van der Waals surface area contributed by atoms with Crippen molar-refractivity contribution in [1.82, 2.24) is 0 Å². The molecule has 1 aromatic rings. The summed E-state index contributed by atoms with van der Waals surface area (Å²) in [5.41, 5.74) is 1.60. The van der Waals surface area contributed by atoms with Crippen molar-refractivity contribution < 1.29 is 14.8 Å². The van der Waals surface area contributed by atoms with Gasteiger partial charge in [0.05, 0.1) is 6.10 Å². The third-order valence-corrected chi connectivity index (χ3v) is 3.16. The smallest absolute Gasteiger partial charge is 0.287 e. The zero-order valence-electron chi connectivity index (χ0n) is 12.8. The molecule has 0 bridgehead atoms. The highest BCUT2D eigenvalue weighted by Gasteiger charge is 2.23. The summed E-state index contributed by atoms with van der Waals surface area (Å²) in [5, 5.41) is 20.6. The Bertz CT molecular complexity index is 561. The van der Waals surface area contributed by atoms with Gasteiger partial charge in [-0.3, -0.25) is 10.1 Å².